The van der Waals surface area contributed by atoms with Crippen LogP contribution >= 0.6 is 0 Å². The van der Waals surface area contributed by atoms with Gasteiger partial charge in [-0.2, -0.15) is 0 Å². The Kier molecular flexibility index (Phi) is 6.55. The van der Waals surface area contributed by atoms with E-state index in [1.54, 1.807) is 20.9 Å². The molecule has 0 aliphatic rings. The monoisotopic (exact) mass is 301 g/mol. The van der Waals surface area contributed by atoms with Crippen LogP contribution in [0.3, 0.4) is 0 Å². The summed E-state index contributed by atoms with van der Waals surface area (Å²) in [6.45, 7) is 3.95. The highest BCUT2D eigenvalue weighted by Gasteiger charge is 2.32. The Morgan fingerprint density at radius 3 is 2.71 bits per heavy atom. The van der Waals surface area contributed by atoms with Gasteiger partial charge in [0, 0.05) is 6.07 Å². The Bertz CT molecular complexity index is 482. The topological polar surface area (TPSA) is 47.6 Å². The molecular formula is C15H21F2NO3. The van der Waals surface area contributed by atoms with Gasteiger partial charge in [-0.25, -0.2) is 8.78 Å². The summed E-state index contributed by atoms with van der Waals surface area (Å²) in [5, 5.41) is 2.92. The smallest absolute Gasteiger partial charge is 0.326 e. The lowest BCUT2D eigenvalue weighted by molar-refractivity contribution is -0.150. The zero-order chi connectivity index (χ0) is 15.9. The van der Waals surface area contributed by atoms with Crippen LogP contribution in [0.1, 0.15) is 26.7 Å². The molecule has 1 atom stereocenters. The molecule has 21 heavy (non-hydrogen) atoms. The Morgan fingerprint density at radius 1 is 1.38 bits per heavy atom. The lowest BCUT2D eigenvalue weighted by atomic mass is 9.96. The first-order chi connectivity index (χ1) is 9.92. The number of ether oxygens (including phenoxy) is 2. The van der Waals surface area contributed by atoms with Gasteiger partial charge in [-0.3, -0.25) is 4.79 Å². The van der Waals surface area contributed by atoms with Crippen LogP contribution in [0.2, 0.25) is 0 Å². The molecular weight excluding hydrogens is 280 g/mol. The van der Waals surface area contributed by atoms with E-state index in [2.05, 4.69) is 5.32 Å². The van der Waals surface area contributed by atoms with Gasteiger partial charge in [0.25, 0.3) is 0 Å². The van der Waals surface area contributed by atoms with Crippen LogP contribution < -0.4 is 10.1 Å². The van der Waals surface area contributed by atoms with E-state index in [1.807, 2.05) is 0 Å². The Balaban J connectivity index is 2.48. The lowest BCUT2D eigenvalue weighted by Crippen LogP contribution is -2.48. The van der Waals surface area contributed by atoms with Crippen molar-refractivity contribution in [2.24, 2.45) is 0 Å². The quantitative estimate of drug-likeness (QED) is 0.592. The van der Waals surface area contributed by atoms with Crippen LogP contribution in [0.25, 0.3) is 0 Å². The van der Waals surface area contributed by atoms with E-state index in [-0.39, 0.29) is 18.3 Å². The van der Waals surface area contributed by atoms with Crippen LogP contribution in [0.4, 0.5) is 8.78 Å². The molecule has 0 saturated heterocycles. The number of hydrogen-bond donors (Lipinski definition) is 1. The summed E-state index contributed by atoms with van der Waals surface area (Å²) >= 11 is 0. The Labute approximate surface area is 123 Å². The number of likely N-dealkylation sites (N-methyl/N-ethyl adjacent to an activating group) is 1. The van der Waals surface area contributed by atoms with Gasteiger partial charge in [-0.05, 0) is 45.9 Å². The third-order valence-corrected chi connectivity index (χ3v) is 3.25. The standard InChI is InChI=1S/C15H21F2NO3/c1-4-20-14(19)15(2,18-3)8-5-9-21-13-10-11(16)6-7-12(13)17/h6-7,10,18H,4-5,8-9H2,1-3H3. The highest BCUT2D eigenvalue weighted by molar-refractivity contribution is 5.80. The average Bonchev–Trinajstić information content (AvgIpc) is 2.47. The van der Waals surface area contributed by atoms with Crippen LogP contribution in [0, 0.1) is 11.6 Å². The molecule has 0 aliphatic carbocycles. The second kappa shape index (κ2) is 7.93. The van der Waals surface area contributed by atoms with E-state index < -0.39 is 17.2 Å². The molecule has 0 heterocycles. The van der Waals surface area contributed by atoms with E-state index in [0.29, 0.717) is 19.4 Å². The van der Waals surface area contributed by atoms with Gasteiger partial charge in [-0.15, -0.1) is 0 Å². The van der Waals surface area contributed by atoms with Crippen LogP contribution in [-0.2, 0) is 9.53 Å². The maximum absolute atomic E-state index is 13.3. The van der Waals surface area contributed by atoms with Crippen molar-refractivity contribution in [1.29, 1.82) is 0 Å². The molecule has 1 aromatic rings. The highest BCUT2D eigenvalue weighted by Crippen LogP contribution is 2.19. The molecule has 6 heteroatoms. The van der Waals surface area contributed by atoms with Crippen molar-refractivity contribution in [3.63, 3.8) is 0 Å². The van der Waals surface area contributed by atoms with E-state index in [4.69, 9.17) is 9.47 Å². The fourth-order valence-corrected chi connectivity index (χ4v) is 1.82. The number of benzene rings is 1. The summed E-state index contributed by atoms with van der Waals surface area (Å²) in [6.07, 6.45) is 0.950. The van der Waals surface area contributed by atoms with E-state index >= 15 is 0 Å². The van der Waals surface area contributed by atoms with E-state index in [1.165, 1.54) is 0 Å². The Morgan fingerprint density at radius 2 is 2.10 bits per heavy atom. The van der Waals surface area contributed by atoms with Gasteiger partial charge in [0.1, 0.15) is 11.4 Å². The van der Waals surface area contributed by atoms with Gasteiger partial charge in [0.2, 0.25) is 0 Å². The third kappa shape index (κ3) is 4.97. The number of esters is 1. The predicted octanol–water partition coefficient (Wildman–Crippen LogP) is 2.67. The first-order valence-corrected chi connectivity index (χ1v) is 6.87. The third-order valence-electron chi connectivity index (χ3n) is 3.25. The number of halogens is 2. The predicted molar refractivity (Wildman–Crippen MR) is 75.2 cm³/mol. The summed E-state index contributed by atoms with van der Waals surface area (Å²) in [5.74, 6) is -1.64. The molecule has 1 aromatic carbocycles. The molecule has 4 nitrogen and oxygen atoms in total. The zero-order valence-corrected chi connectivity index (χ0v) is 12.5. The number of hydrogen-bond acceptors (Lipinski definition) is 4. The number of nitrogens with one attached hydrogen (secondary N) is 1. The van der Waals surface area contributed by atoms with E-state index in [9.17, 15) is 13.6 Å². The molecule has 0 aliphatic heterocycles. The molecule has 0 fully saturated rings. The molecule has 0 amide bonds. The molecule has 0 bridgehead atoms. The molecule has 1 rings (SSSR count). The van der Waals surface area contributed by atoms with Gasteiger partial charge < -0.3 is 14.8 Å². The first kappa shape index (κ1) is 17.4. The highest BCUT2D eigenvalue weighted by atomic mass is 19.1. The molecule has 0 radical (unpaired) electrons. The van der Waals surface area contributed by atoms with Crippen molar-refractivity contribution < 1.29 is 23.0 Å². The summed E-state index contributed by atoms with van der Waals surface area (Å²) < 4.78 is 36.5. The van der Waals surface area contributed by atoms with Gasteiger partial charge in [0.15, 0.2) is 11.6 Å². The van der Waals surface area contributed by atoms with Gasteiger partial charge in [0.05, 0.1) is 13.2 Å². The number of carbonyl (C=O) groups excluding carboxylic acids is 1. The van der Waals surface area contributed by atoms with E-state index in [0.717, 1.165) is 18.2 Å². The van der Waals surface area contributed by atoms with Crippen molar-refractivity contribution in [3.8, 4) is 5.75 Å². The molecule has 0 spiro atoms. The number of rotatable bonds is 8. The first-order valence-electron chi connectivity index (χ1n) is 6.87. The van der Waals surface area contributed by atoms with Crippen molar-refractivity contribution in [2.75, 3.05) is 20.3 Å². The molecule has 0 aromatic heterocycles. The summed E-state index contributed by atoms with van der Waals surface area (Å²) in [6, 6.07) is 3.04. The molecule has 0 saturated carbocycles. The second-order valence-electron chi connectivity index (χ2n) is 4.83. The van der Waals surface area contributed by atoms with Crippen LogP contribution in [0.5, 0.6) is 5.75 Å². The minimum Gasteiger partial charge on any atom is -0.490 e. The molecule has 118 valence electrons. The fourth-order valence-electron chi connectivity index (χ4n) is 1.82. The molecule has 1 N–H and O–H groups in total. The maximum atomic E-state index is 13.3. The van der Waals surface area contributed by atoms with Crippen molar-refractivity contribution in [1.82, 2.24) is 5.32 Å². The fraction of sp³-hybridized carbons (Fsp3) is 0.533. The summed E-state index contributed by atoms with van der Waals surface area (Å²) in [5.41, 5.74) is -0.820. The summed E-state index contributed by atoms with van der Waals surface area (Å²) in [4.78, 5) is 11.8. The van der Waals surface area contributed by atoms with Crippen molar-refractivity contribution >= 4 is 5.97 Å². The second-order valence-corrected chi connectivity index (χ2v) is 4.83. The Hall–Kier alpha value is -1.69. The SMILES string of the molecule is CCOC(=O)C(C)(CCCOc1cc(F)ccc1F)NC. The summed E-state index contributed by atoms with van der Waals surface area (Å²) in [7, 11) is 1.67. The minimum atomic E-state index is -0.820. The van der Waals surface area contributed by atoms with Gasteiger partial charge in [-0.1, -0.05) is 0 Å². The van der Waals surface area contributed by atoms with Gasteiger partial charge >= 0.3 is 5.97 Å². The maximum Gasteiger partial charge on any atom is 0.326 e. The number of carbonyl (C=O) groups is 1. The minimum absolute atomic E-state index is 0.128. The normalized spacial score (nSPS) is 13.6. The zero-order valence-electron chi connectivity index (χ0n) is 12.5. The van der Waals surface area contributed by atoms with Crippen LogP contribution in [-0.4, -0.2) is 31.8 Å². The molecule has 1 unspecified atom stereocenters. The van der Waals surface area contributed by atoms with Crippen molar-refractivity contribution in [2.45, 2.75) is 32.2 Å². The lowest BCUT2D eigenvalue weighted by Gasteiger charge is -2.26. The van der Waals surface area contributed by atoms with Crippen molar-refractivity contribution in [3.05, 3.63) is 29.8 Å². The largest absolute Gasteiger partial charge is 0.490 e. The van der Waals surface area contributed by atoms with Crippen LogP contribution in [0.15, 0.2) is 18.2 Å². The average molecular weight is 301 g/mol.